The molecule has 12 heteroatoms. The summed E-state index contributed by atoms with van der Waals surface area (Å²) in [6.07, 6.45) is 0.266. The largest absolute Gasteiger partial charge is 0.462 e. The molecule has 4 unspecified atom stereocenters. The van der Waals surface area contributed by atoms with Crippen LogP contribution in [0.3, 0.4) is 0 Å². The van der Waals surface area contributed by atoms with Crippen LogP contribution in [-0.2, 0) is 28.4 Å². The second-order valence-corrected chi connectivity index (χ2v) is 9.48. The van der Waals surface area contributed by atoms with Crippen LogP contribution in [0.2, 0.25) is 0 Å². The molecule has 0 saturated carbocycles. The zero-order chi connectivity index (χ0) is 26.0. The van der Waals surface area contributed by atoms with E-state index in [0.717, 1.165) is 11.1 Å². The van der Waals surface area contributed by atoms with Gasteiger partial charge < -0.3 is 23.8 Å². The first-order valence-electron chi connectivity index (χ1n) is 11.2. The van der Waals surface area contributed by atoms with Crippen molar-refractivity contribution in [3.8, 4) is 5.75 Å². The van der Waals surface area contributed by atoms with Crippen molar-refractivity contribution in [1.29, 1.82) is 0 Å². The third-order valence-electron chi connectivity index (χ3n) is 4.89. The van der Waals surface area contributed by atoms with E-state index in [0.29, 0.717) is 18.6 Å². The van der Waals surface area contributed by atoms with Gasteiger partial charge in [-0.05, 0) is 39.3 Å². The lowest BCUT2D eigenvalue weighted by Crippen LogP contribution is -2.36. The van der Waals surface area contributed by atoms with Gasteiger partial charge in [0.15, 0.2) is 0 Å². The highest BCUT2D eigenvalue weighted by Gasteiger charge is 2.37. The Hall–Kier alpha value is -2.59. The van der Waals surface area contributed by atoms with E-state index in [1.54, 1.807) is 32.9 Å². The number of halogens is 1. The third-order valence-corrected chi connectivity index (χ3v) is 6.25. The van der Waals surface area contributed by atoms with Crippen molar-refractivity contribution in [2.24, 2.45) is 5.92 Å². The average Bonchev–Trinajstić information content (AvgIpc) is 3.20. The number of carbonyl (C=O) groups is 3. The van der Waals surface area contributed by atoms with Crippen LogP contribution >= 0.6 is 8.53 Å². The first-order valence-corrected chi connectivity index (χ1v) is 12.4. The smallest absolute Gasteiger partial charge is 0.323 e. The maximum atomic E-state index is 13.9. The lowest BCUT2D eigenvalue weighted by Gasteiger charge is -2.25. The van der Waals surface area contributed by atoms with Crippen LogP contribution in [0.4, 0.5) is 4.39 Å². The van der Waals surface area contributed by atoms with Gasteiger partial charge in [0.25, 0.3) is 5.91 Å². The molecule has 5 atom stereocenters. The van der Waals surface area contributed by atoms with Gasteiger partial charge in [0.05, 0.1) is 25.0 Å². The van der Waals surface area contributed by atoms with Crippen LogP contribution in [-0.4, -0.2) is 61.3 Å². The van der Waals surface area contributed by atoms with Gasteiger partial charge in [-0.25, -0.2) is 5.09 Å². The molecule has 1 heterocycles. The lowest BCUT2D eigenvalue weighted by atomic mass is 10.1. The molecule has 1 aliphatic heterocycles. The Labute approximate surface area is 206 Å². The fraction of sp³-hybridized carbons (Fsp3) is 0.522. The number of benzene rings is 1. The lowest BCUT2D eigenvalue weighted by molar-refractivity contribution is -0.149. The fourth-order valence-electron chi connectivity index (χ4n) is 3.23. The van der Waals surface area contributed by atoms with Crippen molar-refractivity contribution in [2.45, 2.75) is 58.6 Å². The third kappa shape index (κ3) is 9.18. The standard InChI is InChI=1S/C23H33FN3O7P/c1-15(2)32-23(30)17(4)26-35(34-18-9-7-6-8-10-18)31-13-19-11-16(3)22(33-19)27(14-28)12-20(24)21(29)25-5/h6-10,12,14-17,19,22,26H,11,13H2,1-5H3,(H,25,29)/b20-12+/t16?,17?,19?,22?,35-/m1/s1. The van der Waals surface area contributed by atoms with Gasteiger partial charge in [0, 0.05) is 13.0 Å². The van der Waals surface area contributed by atoms with Gasteiger partial charge >= 0.3 is 14.5 Å². The van der Waals surface area contributed by atoms with Gasteiger partial charge in [0.1, 0.15) is 18.0 Å². The molecule has 0 spiro atoms. The number of amides is 2. The number of hydrogen-bond donors (Lipinski definition) is 2. The Balaban J connectivity index is 2.03. The minimum Gasteiger partial charge on any atom is -0.462 e. The average molecular weight is 514 g/mol. The molecule has 35 heavy (non-hydrogen) atoms. The number of ether oxygens (including phenoxy) is 2. The summed E-state index contributed by atoms with van der Waals surface area (Å²) in [6.45, 7) is 7.11. The Morgan fingerprint density at radius 2 is 1.97 bits per heavy atom. The van der Waals surface area contributed by atoms with Crippen molar-refractivity contribution >= 4 is 26.8 Å². The molecule has 10 nitrogen and oxygen atoms in total. The molecule has 2 N–H and O–H groups in total. The molecule has 2 rings (SSSR count). The molecule has 0 radical (unpaired) electrons. The van der Waals surface area contributed by atoms with Crippen LogP contribution in [0.1, 0.15) is 34.1 Å². The van der Waals surface area contributed by atoms with E-state index in [-0.39, 0.29) is 18.6 Å². The molecule has 0 aromatic heterocycles. The Morgan fingerprint density at radius 1 is 1.29 bits per heavy atom. The molecular weight excluding hydrogens is 480 g/mol. The SMILES string of the molecule is CNC(=O)/C(F)=C\N(C=O)C1OC(CO[P@@](NC(C)C(=O)OC(C)C)Oc2ccccc2)CC1C. The van der Waals surface area contributed by atoms with Gasteiger partial charge in [-0.3, -0.25) is 19.3 Å². The van der Waals surface area contributed by atoms with E-state index >= 15 is 0 Å². The Bertz CT molecular complexity index is 874. The number of hydrogen-bond acceptors (Lipinski definition) is 8. The second kappa shape index (κ2) is 14.1. The highest BCUT2D eigenvalue weighted by Crippen LogP contribution is 2.38. The summed E-state index contributed by atoms with van der Waals surface area (Å²) in [7, 11) is -0.473. The van der Waals surface area contributed by atoms with E-state index < -0.39 is 44.6 Å². The quantitative estimate of drug-likeness (QED) is 0.179. The predicted molar refractivity (Wildman–Crippen MR) is 127 cm³/mol. The van der Waals surface area contributed by atoms with Crippen LogP contribution in [0, 0.1) is 5.92 Å². The predicted octanol–water partition coefficient (Wildman–Crippen LogP) is 3.01. The first-order chi connectivity index (χ1) is 16.6. The molecule has 1 aromatic carbocycles. The topological polar surface area (TPSA) is 115 Å². The van der Waals surface area contributed by atoms with Crippen LogP contribution in [0.5, 0.6) is 5.75 Å². The molecule has 0 aliphatic carbocycles. The summed E-state index contributed by atoms with van der Waals surface area (Å²) in [5.41, 5.74) is 0. The summed E-state index contributed by atoms with van der Waals surface area (Å²) >= 11 is 0. The van der Waals surface area contributed by atoms with Gasteiger partial charge in [-0.1, -0.05) is 25.1 Å². The summed E-state index contributed by atoms with van der Waals surface area (Å²) in [4.78, 5) is 36.2. The molecule has 1 aromatic rings. The van der Waals surface area contributed by atoms with E-state index in [2.05, 4.69) is 10.4 Å². The number of rotatable bonds is 13. The zero-order valence-electron chi connectivity index (χ0n) is 20.5. The maximum absolute atomic E-state index is 13.9. The summed E-state index contributed by atoms with van der Waals surface area (Å²) < 4.78 is 36.9. The van der Waals surface area contributed by atoms with Gasteiger partial charge in [-0.15, -0.1) is 0 Å². The molecular formula is C23H33FN3O7P. The minimum atomic E-state index is -1.76. The highest BCUT2D eigenvalue weighted by molar-refractivity contribution is 7.45. The molecule has 1 fully saturated rings. The number of nitrogens with zero attached hydrogens (tertiary/aromatic N) is 1. The van der Waals surface area contributed by atoms with Crippen LogP contribution in [0.25, 0.3) is 0 Å². The van der Waals surface area contributed by atoms with E-state index in [1.165, 1.54) is 7.05 Å². The second-order valence-electron chi connectivity index (χ2n) is 8.26. The molecule has 1 aliphatic rings. The van der Waals surface area contributed by atoms with E-state index in [4.69, 9.17) is 18.5 Å². The Kier molecular flexibility index (Phi) is 11.5. The summed E-state index contributed by atoms with van der Waals surface area (Å²) in [5, 5.41) is 5.17. The molecule has 1 saturated heterocycles. The molecule has 0 bridgehead atoms. The monoisotopic (exact) mass is 513 g/mol. The van der Waals surface area contributed by atoms with E-state index in [9.17, 15) is 18.8 Å². The molecule has 194 valence electrons. The molecule has 2 amide bonds. The summed E-state index contributed by atoms with van der Waals surface area (Å²) in [6, 6.07) is 8.30. The van der Waals surface area contributed by atoms with Crippen LogP contribution in [0.15, 0.2) is 42.4 Å². The number of nitrogens with one attached hydrogen (secondary N) is 2. The van der Waals surface area contributed by atoms with Crippen molar-refractivity contribution in [1.82, 2.24) is 15.3 Å². The van der Waals surface area contributed by atoms with Crippen molar-refractivity contribution < 1.29 is 37.3 Å². The fourth-order valence-corrected chi connectivity index (χ4v) is 4.44. The number of esters is 1. The van der Waals surface area contributed by atoms with Crippen molar-refractivity contribution in [2.75, 3.05) is 13.7 Å². The van der Waals surface area contributed by atoms with Gasteiger partial charge in [-0.2, -0.15) is 4.39 Å². The van der Waals surface area contributed by atoms with Crippen molar-refractivity contribution in [3.05, 3.63) is 42.4 Å². The minimum absolute atomic E-state index is 0.0899. The van der Waals surface area contributed by atoms with Gasteiger partial charge in [0.2, 0.25) is 12.2 Å². The maximum Gasteiger partial charge on any atom is 0.323 e. The van der Waals surface area contributed by atoms with Crippen LogP contribution < -0.4 is 14.9 Å². The highest BCUT2D eigenvalue weighted by atomic mass is 31.2. The Morgan fingerprint density at radius 3 is 2.57 bits per heavy atom. The van der Waals surface area contributed by atoms with E-state index in [1.807, 2.05) is 25.1 Å². The number of carbonyl (C=O) groups excluding carboxylic acids is 3. The number of para-hydroxylation sites is 1. The normalized spacial score (nSPS) is 21.8. The zero-order valence-corrected chi connectivity index (χ0v) is 21.4. The first kappa shape index (κ1) is 28.6. The van der Waals surface area contributed by atoms with Crippen molar-refractivity contribution in [3.63, 3.8) is 0 Å². The number of likely N-dealkylation sites (N-methyl/N-ethyl adjacent to an activating group) is 1. The summed E-state index contributed by atoms with van der Waals surface area (Å²) in [5.74, 6) is -2.10.